The van der Waals surface area contributed by atoms with Gasteiger partial charge >= 0.3 is 0 Å². The van der Waals surface area contributed by atoms with Crippen molar-refractivity contribution in [1.82, 2.24) is 10.9 Å². The van der Waals surface area contributed by atoms with Gasteiger partial charge in [-0.15, -0.1) is 0 Å². The summed E-state index contributed by atoms with van der Waals surface area (Å²) in [5.41, 5.74) is 5.51. The second kappa shape index (κ2) is 9.97. The van der Waals surface area contributed by atoms with E-state index >= 15 is 0 Å². The maximum Gasteiger partial charge on any atom is 0.273 e. The molecule has 0 heterocycles. The van der Waals surface area contributed by atoms with Crippen molar-refractivity contribution in [2.24, 2.45) is 0 Å². The smallest absolute Gasteiger partial charge is 0.273 e. The van der Waals surface area contributed by atoms with Gasteiger partial charge in [0.15, 0.2) is 0 Å². The Morgan fingerprint density at radius 1 is 1.00 bits per heavy atom. The molecule has 2 rings (SSSR count). The van der Waals surface area contributed by atoms with E-state index in [2.05, 4.69) is 26.8 Å². The maximum atomic E-state index is 12.5. The first kappa shape index (κ1) is 20.8. The van der Waals surface area contributed by atoms with Crippen LogP contribution in [0.4, 0.5) is 0 Å². The second-order valence-corrected chi connectivity index (χ2v) is 6.98. The average molecular weight is 435 g/mol. The van der Waals surface area contributed by atoms with Crippen molar-refractivity contribution in [3.8, 4) is 11.5 Å². The second-order valence-electron chi connectivity index (χ2n) is 6.06. The number of ether oxygens (including phenoxy) is 2. The Hall–Kier alpha value is -2.54. The van der Waals surface area contributed by atoms with Gasteiger partial charge in [0.1, 0.15) is 11.5 Å². The van der Waals surface area contributed by atoms with Crippen LogP contribution in [-0.2, 0) is 0 Å². The lowest BCUT2D eigenvalue weighted by Crippen LogP contribution is -2.42. The largest absolute Gasteiger partial charge is 0.493 e. The summed E-state index contributed by atoms with van der Waals surface area (Å²) >= 11 is 3.34. The normalized spacial score (nSPS) is 10.4. The van der Waals surface area contributed by atoms with Gasteiger partial charge < -0.3 is 9.47 Å². The SMILES string of the molecule is CCCOc1ccccc1C(=O)NNC(=O)c1cc(Br)ccc1OC(C)C. The molecule has 0 aromatic heterocycles. The van der Waals surface area contributed by atoms with E-state index in [1.54, 1.807) is 42.5 Å². The van der Waals surface area contributed by atoms with Gasteiger partial charge in [0.25, 0.3) is 11.8 Å². The van der Waals surface area contributed by atoms with E-state index in [1.165, 1.54) is 0 Å². The third-order valence-electron chi connectivity index (χ3n) is 3.43. The van der Waals surface area contributed by atoms with Crippen LogP contribution in [0.3, 0.4) is 0 Å². The molecule has 0 atom stereocenters. The molecule has 0 radical (unpaired) electrons. The molecule has 0 bridgehead atoms. The molecule has 0 aliphatic rings. The third kappa shape index (κ3) is 5.99. The Balaban J connectivity index is 2.10. The Morgan fingerprint density at radius 3 is 2.33 bits per heavy atom. The molecule has 6 nitrogen and oxygen atoms in total. The Kier molecular flexibility index (Phi) is 7.67. The molecule has 0 unspecified atom stereocenters. The van der Waals surface area contributed by atoms with Gasteiger partial charge in [-0.2, -0.15) is 0 Å². The van der Waals surface area contributed by atoms with Gasteiger partial charge in [0.2, 0.25) is 0 Å². The van der Waals surface area contributed by atoms with Crippen molar-refractivity contribution in [2.75, 3.05) is 6.61 Å². The first-order chi connectivity index (χ1) is 12.9. The van der Waals surface area contributed by atoms with E-state index in [-0.39, 0.29) is 6.10 Å². The molecule has 0 aliphatic heterocycles. The fourth-order valence-electron chi connectivity index (χ4n) is 2.28. The Morgan fingerprint density at radius 2 is 1.67 bits per heavy atom. The van der Waals surface area contributed by atoms with Gasteiger partial charge in [-0.1, -0.05) is 35.0 Å². The fraction of sp³-hybridized carbons (Fsp3) is 0.300. The fourth-order valence-corrected chi connectivity index (χ4v) is 2.64. The van der Waals surface area contributed by atoms with E-state index in [4.69, 9.17) is 9.47 Å². The van der Waals surface area contributed by atoms with Gasteiger partial charge in [-0.3, -0.25) is 20.4 Å². The zero-order valence-corrected chi connectivity index (χ0v) is 17.1. The highest BCUT2D eigenvalue weighted by molar-refractivity contribution is 9.10. The monoisotopic (exact) mass is 434 g/mol. The number of hydrogen-bond donors (Lipinski definition) is 2. The van der Waals surface area contributed by atoms with Crippen LogP contribution in [0, 0.1) is 0 Å². The van der Waals surface area contributed by atoms with Crippen LogP contribution in [0.2, 0.25) is 0 Å². The number of hydrogen-bond acceptors (Lipinski definition) is 4. The van der Waals surface area contributed by atoms with Crippen LogP contribution in [0.15, 0.2) is 46.9 Å². The molecule has 144 valence electrons. The summed E-state index contributed by atoms with van der Waals surface area (Å²) < 4.78 is 12.0. The molecule has 0 saturated carbocycles. The number of nitrogens with one attached hydrogen (secondary N) is 2. The number of rotatable bonds is 7. The number of hydrazine groups is 1. The molecule has 2 amide bonds. The highest BCUT2D eigenvalue weighted by atomic mass is 79.9. The zero-order valence-electron chi connectivity index (χ0n) is 15.5. The summed E-state index contributed by atoms with van der Waals surface area (Å²) in [4.78, 5) is 25.0. The van der Waals surface area contributed by atoms with E-state index in [0.29, 0.717) is 29.2 Å². The first-order valence-corrected chi connectivity index (χ1v) is 9.50. The van der Waals surface area contributed by atoms with Gasteiger partial charge in [-0.05, 0) is 50.6 Å². The van der Waals surface area contributed by atoms with E-state index < -0.39 is 11.8 Å². The average Bonchev–Trinajstić information content (AvgIpc) is 2.65. The minimum Gasteiger partial charge on any atom is -0.493 e. The molecule has 2 N–H and O–H groups in total. The molecule has 0 saturated heterocycles. The molecule has 7 heteroatoms. The minimum absolute atomic E-state index is 0.0880. The van der Waals surface area contributed by atoms with Crippen LogP contribution in [0.1, 0.15) is 47.9 Å². The zero-order chi connectivity index (χ0) is 19.8. The number of carbonyl (C=O) groups is 2. The summed E-state index contributed by atoms with van der Waals surface area (Å²) in [5, 5.41) is 0. The van der Waals surface area contributed by atoms with E-state index in [0.717, 1.165) is 10.9 Å². The van der Waals surface area contributed by atoms with Gasteiger partial charge in [0.05, 0.1) is 23.8 Å². The van der Waals surface area contributed by atoms with Crippen molar-refractivity contribution < 1.29 is 19.1 Å². The van der Waals surface area contributed by atoms with E-state index in [9.17, 15) is 9.59 Å². The molecular formula is C20H23BrN2O4. The molecule has 0 fully saturated rings. The lowest BCUT2D eigenvalue weighted by Gasteiger charge is -2.15. The van der Waals surface area contributed by atoms with Crippen molar-refractivity contribution >= 4 is 27.7 Å². The third-order valence-corrected chi connectivity index (χ3v) is 3.93. The summed E-state index contributed by atoms with van der Waals surface area (Å²) in [6, 6.07) is 12.0. The van der Waals surface area contributed by atoms with Crippen LogP contribution < -0.4 is 20.3 Å². The predicted octanol–water partition coefficient (Wildman–Crippen LogP) is 4.10. The van der Waals surface area contributed by atoms with Crippen molar-refractivity contribution in [3.63, 3.8) is 0 Å². The summed E-state index contributed by atoms with van der Waals surface area (Å²) in [6.45, 7) is 6.24. The van der Waals surface area contributed by atoms with Crippen LogP contribution in [0.5, 0.6) is 11.5 Å². The number of para-hydroxylation sites is 1. The van der Waals surface area contributed by atoms with Crippen molar-refractivity contribution in [3.05, 3.63) is 58.1 Å². The maximum absolute atomic E-state index is 12.5. The molecule has 2 aromatic rings. The predicted molar refractivity (Wildman–Crippen MR) is 107 cm³/mol. The standard InChI is InChI=1S/C20H23BrN2O4/c1-4-11-26-17-8-6-5-7-15(17)19(24)22-23-20(25)16-12-14(21)9-10-18(16)27-13(2)3/h5-10,12-13H,4,11H2,1-3H3,(H,22,24)(H,23,25). The van der Waals surface area contributed by atoms with Crippen LogP contribution in [0.25, 0.3) is 0 Å². The summed E-state index contributed by atoms with van der Waals surface area (Å²) in [7, 11) is 0. The Bertz CT molecular complexity index is 808. The molecule has 27 heavy (non-hydrogen) atoms. The highest BCUT2D eigenvalue weighted by Crippen LogP contribution is 2.24. The lowest BCUT2D eigenvalue weighted by atomic mass is 10.2. The Labute approximate surface area is 167 Å². The van der Waals surface area contributed by atoms with Crippen LogP contribution in [-0.4, -0.2) is 24.5 Å². The van der Waals surface area contributed by atoms with Crippen molar-refractivity contribution in [1.29, 1.82) is 0 Å². The number of amides is 2. The number of carbonyl (C=O) groups excluding carboxylic acids is 2. The van der Waals surface area contributed by atoms with Gasteiger partial charge in [0, 0.05) is 4.47 Å². The molecular weight excluding hydrogens is 412 g/mol. The van der Waals surface area contributed by atoms with Crippen molar-refractivity contribution in [2.45, 2.75) is 33.3 Å². The number of halogens is 1. The van der Waals surface area contributed by atoms with Gasteiger partial charge in [-0.25, -0.2) is 0 Å². The molecule has 0 spiro atoms. The minimum atomic E-state index is -0.479. The van der Waals surface area contributed by atoms with Crippen LogP contribution >= 0.6 is 15.9 Å². The summed E-state index contributed by atoms with van der Waals surface area (Å²) in [5.74, 6) is -0.0346. The number of benzene rings is 2. The quantitative estimate of drug-likeness (QED) is 0.643. The lowest BCUT2D eigenvalue weighted by molar-refractivity contribution is 0.0841. The first-order valence-electron chi connectivity index (χ1n) is 8.71. The summed E-state index contributed by atoms with van der Waals surface area (Å²) in [6.07, 6.45) is 0.740. The topological polar surface area (TPSA) is 76.7 Å². The highest BCUT2D eigenvalue weighted by Gasteiger charge is 2.17. The molecule has 0 aliphatic carbocycles. The molecule has 2 aromatic carbocycles. The van der Waals surface area contributed by atoms with E-state index in [1.807, 2.05) is 20.8 Å².